The molecular weight excluding hydrogens is 1070 g/mol. The van der Waals surface area contributed by atoms with Gasteiger partial charge in [-0.1, -0.05) is 0 Å². The third-order valence-corrected chi connectivity index (χ3v) is 13.6. The Morgan fingerprint density at radius 3 is 1.64 bits per heavy atom. The van der Waals surface area contributed by atoms with Crippen molar-refractivity contribution in [2.75, 3.05) is 64.6 Å². The smallest absolute Gasteiger partial charge is 0.336 e. The summed E-state index contributed by atoms with van der Waals surface area (Å²) in [5, 5.41) is 60.1. The number of hydrogen-bond acceptors (Lipinski definition) is 14. The number of benzene rings is 3. The molecule has 0 fully saturated rings. The Morgan fingerprint density at radius 1 is 0.642 bits per heavy atom. The number of rotatable bonds is 23. The minimum Gasteiger partial charge on any atom is -0.503 e. The van der Waals surface area contributed by atoms with Crippen molar-refractivity contribution in [3.05, 3.63) is 150 Å². The quantitative estimate of drug-likeness (QED) is 0.0189. The van der Waals surface area contributed by atoms with Gasteiger partial charge in [0.05, 0.1) is 11.6 Å². The number of hydrogen-bond donors (Lipinski definition) is 13. The van der Waals surface area contributed by atoms with Crippen LogP contribution in [-0.2, 0) is 4.79 Å². The monoisotopic (exact) mass is 1130 g/mol. The van der Waals surface area contributed by atoms with Gasteiger partial charge in [-0.25, -0.2) is 9.37 Å². The number of carboxylic acids is 1. The van der Waals surface area contributed by atoms with Crippen molar-refractivity contribution in [3.8, 4) is 39.7 Å². The van der Waals surface area contributed by atoms with Crippen molar-refractivity contribution in [3.63, 3.8) is 0 Å². The van der Waals surface area contributed by atoms with Gasteiger partial charge in [0.2, 0.25) is 27.6 Å². The number of thiocarbonyl (C=S) groups is 1. The van der Waals surface area contributed by atoms with E-state index in [0.717, 1.165) is 29.2 Å². The lowest BCUT2D eigenvalue weighted by Gasteiger charge is -2.36. The molecular formula is C56H62N11O13S+. The van der Waals surface area contributed by atoms with Gasteiger partial charge in [-0.3, -0.25) is 33.6 Å². The highest BCUT2D eigenvalue weighted by Crippen LogP contribution is 2.43. The highest BCUT2D eigenvalue weighted by atomic mass is 32.1. The molecule has 1 aliphatic carbocycles. The number of carbonyl (C=O) groups excluding carboxylic acids is 4. The van der Waals surface area contributed by atoms with Crippen molar-refractivity contribution in [1.82, 2.24) is 46.1 Å². The van der Waals surface area contributed by atoms with Crippen LogP contribution >= 0.6 is 12.2 Å². The van der Waals surface area contributed by atoms with Gasteiger partial charge in [0, 0.05) is 129 Å². The molecule has 0 bridgehead atoms. The molecule has 4 amide bonds. The molecule has 424 valence electrons. The van der Waals surface area contributed by atoms with Gasteiger partial charge >= 0.3 is 5.97 Å². The topological polar surface area (TPSA) is 356 Å². The fourth-order valence-corrected chi connectivity index (χ4v) is 9.42. The van der Waals surface area contributed by atoms with Crippen molar-refractivity contribution < 1.29 is 48.8 Å². The minimum absolute atomic E-state index is 0.000930. The Labute approximate surface area is 467 Å². The average molecular weight is 1130 g/mol. The zero-order valence-electron chi connectivity index (χ0n) is 44.7. The summed E-state index contributed by atoms with van der Waals surface area (Å²) < 4.78 is 8.40. The van der Waals surface area contributed by atoms with E-state index in [1.54, 1.807) is 12.1 Å². The van der Waals surface area contributed by atoms with Gasteiger partial charge in [0.1, 0.15) is 25.4 Å². The third kappa shape index (κ3) is 14.5. The van der Waals surface area contributed by atoms with E-state index in [1.807, 2.05) is 74.1 Å². The molecule has 0 spiro atoms. The maximum absolute atomic E-state index is 14.1. The second kappa shape index (κ2) is 26.2. The molecule has 81 heavy (non-hydrogen) atoms. The van der Waals surface area contributed by atoms with Crippen LogP contribution in [0.2, 0.25) is 0 Å². The molecule has 0 saturated heterocycles. The number of anilines is 2. The van der Waals surface area contributed by atoms with E-state index < -0.39 is 68.7 Å². The predicted octanol–water partition coefficient (Wildman–Crippen LogP) is 3.34. The number of fused-ring (bicyclic) bond motifs is 2. The minimum atomic E-state index is -1.16. The first-order valence-electron chi connectivity index (χ1n) is 25.7. The number of nitrogens with zero attached hydrogens (tertiary/aromatic N) is 2. The van der Waals surface area contributed by atoms with Gasteiger partial charge in [-0.2, -0.15) is 0 Å². The van der Waals surface area contributed by atoms with Crippen LogP contribution in [-0.4, -0.2) is 130 Å². The Morgan fingerprint density at radius 2 is 1.16 bits per heavy atom. The SMILES string of the molecule is CN(C)c1ccc2c(-c3cc(NC(=S)NCCC(=O)NC(CCCNC(=O)c4[nH]ccc(=O)c4O)(CCCNC(=O)c4[nH]ccc(=O)c4O)CCCNC(=O)c4[nH]ccc(=O)c4O)ccc3C(=O)O)c3ccc(=[N+](C)C)cc-3oc2c1. The molecule has 0 radical (unpaired) electrons. The van der Waals surface area contributed by atoms with Crippen molar-refractivity contribution in [2.45, 2.75) is 50.5 Å². The van der Waals surface area contributed by atoms with Crippen LogP contribution in [0.15, 0.2) is 110 Å². The Balaban J connectivity index is 1.10. The summed E-state index contributed by atoms with van der Waals surface area (Å²) in [7, 11) is 7.62. The van der Waals surface area contributed by atoms with Crippen molar-refractivity contribution >= 4 is 69.3 Å². The number of carbonyl (C=O) groups is 5. The number of aromatic carboxylic acids is 1. The molecule has 0 atom stereocenters. The Hall–Kier alpha value is -9.78. The number of amides is 4. The number of pyridine rings is 3. The predicted molar refractivity (Wildman–Crippen MR) is 307 cm³/mol. The average Bonchev–Trinajstić information content (AvgIpc) is 3.32. The molecule has 5 aromatic rings. The highest BCUT2D eigenvalue weighted by molar-refractivity contribution is 7.80. The number of aromatic hydroxyl groups is 3. The van der Waals surface area contributed by atoms with Gasteiger partial charge < -0.3 is 76.6 Å². The lowest BCUT2D eigenvalue weighted by molar-refractivity contribution is -0.123. The number of nitrogens with one attached hydrogen (secondary N) is 9. The first-order chi connectivity index (χ1) is 38.7. The Bertz CT molecular complexity index is 3580. The lowest BCUT2D eigenvalue weighted by atomic mass is 9.83. The molecule has 3 aromatic heterocycles. The molecule has 0 saturated carbocycles. The van der Waals surface area contributed by atoms with Gasteiger partial charge in [0.25, 0.3) is 17.7 Å². The second-order valence-corrected chi connectivity index (χ2v) is 19.8. The second-order valence-electron chi connectivity index (χ2n) is 19.4. The lowest BCUT2D eigenvalue weighted by Crippen LogP contribution is -2.50. The number of carboxylic acid groups (broad SMARTS) is 1. The van der Waals surface area contributed by atoms with Crippen LogP contribution < -0.4 is 63.0 Å². The summed E-state index contributed by atoms with van der Waals surface area (Å²) in [6.07, 6.45) is 4.70. The fourth-order valence-electron chi connectivity index (χ4n) is 9.20. The normalized spacial score (nSPS) is 11.2. The zero-order chi connectivity index (χ0) is 58.5. The zero-order valence-corrected chi connectivity index (χ0v) is 45.5. The molecule has 0 unspecified atom stereocenters. The summed E-state index contributed by atoms with van der Waals surface area (Å²) >= 11 is 5.70. The largest absolute Gasteiger partial charge is 0.503 e. The number of aromatic amines is 3. The van der Waals surface area contributed by atoms with Gasteiger partial charge in [-0.15, -0.1) is 0 Å². The summed E-state index contributed by atoms with van der Waals surface area (Å²) in [5.41, 5.74) is -0.907. The summed E-state index contributed by atoms with van der Waals surface area (Å²) in [6, 6.07) is 19.3. The van der Waals surface area contributed by atoms with Crippen LogP contribution in [0.3, 0.4) is 0 Å². The molecule has 7 rings (SSSR count). The summed E-state index contributed by atoms with van der Waals surface area (Å²) in [6.45, 7) is 0.00136. The van der Waals surface area contributed by atoms with Gasteiger partial charge in [-0.05, 0) is 92.7 Å². The maximum atomic E-state index is 14.1. The summed E-state index contributed by atoms with van der Waals surface area (Å²) in [4.78, 5) is 112. The van der Waals surface area contributed by atoms with Crippen molar-refractivity contribution in [2.24, 2.45) is 0 Å². The fraction of sp³-hybridized carbons (Fsp3) is 0.286. The molecule has 4 heterocycles. The summed E-state index contributed by atoms with van der Waals surface area (Å²) in [5.74, 6) is -5.69. The van der Waals surface area contributed by atoms with E-state index in [0.29, 0.717) is 39.1 Å². The molecule has 13 N–H and O–H groups in total. The molecule has 2 aromatic carbocycles. The van der Waals surface area contributed by atoms with E-state index in [1.165, 1.54) is 24.7 Å². The van der Waals surface area contributed by atoms with E-state index in [9.17, 15) is 58.8 Å². The molecule has 1 aliphatic heterocycles. The molecule has 24 nitrogen and oxygen atoms in total. The van der Waals surface area contributed by atoms with Crippen LogP contribution in [0, 0.1) is 0 Å². The first kappa shape index (κ1) is 58.9. The molecule has 25 heteroatoms. The number of H-pyrrole nitrogens is 3. The maximum Gasteiger partial charge on any atom is 0.336 e. The van der Waals surface area contributed by atoms with Crippen LogP contribution in [0.5, 0.6) is 17.2 Å². The number of aromatic nitrogens is 3. The van der Waals surface area contributed by atoms with Crippen LogP contribution in [0.1, 0.15) is 86.8 Å². The van der Waals surface area contributed by atoms with E-state index >= 15 is 0 Å². The van der Waals surface area contributed by atoms with Gasteiger partial charge in [0.15, 0.2) is 39.4 Å². The Kier molecular flexibility index (Phi) is 19.1. The van der Waals surface area contributed by atoms with E-state index in [4.69, 9.17) is 16.6 Å². The third-order valence-electron chi connectivity index (χ3n) is 13.4. The van der Waals surface area contributed by atoms with Crippen LogP contribution in [0.25, 0.3) is 33.4 Å². The highest BCUT2D eigenvalue weighted by Gasteiger charge is 2.32. The van der Waals surface area contributed by atoms with E-state index in [2.05, 4.69) is 46.9 Å². The van der Waals surface area contributed by atoms with Crippen LogP contribution in [0.4, 0.5) is 11.4 Å². The van der Waals surface area contributed by atoms with Crippen molar-refractivity contribution in [1.29, 1.82) is 0 Å². The molecule has 2 aliphatic rings. The van der Waals surface area contributed by atoms with E-state index in [-0.39, 0.29) is 98.9 Å². The standard InChI is InChI=1S/C56H61N11O13S/c1-66(2)32-9-12-35-41(29-32)80-42-30-33(67(3)4)10-13-36(42)44(35)37-28-31(8-11-34(37)54(78)79)64-55(81)63-27-17-43(71)65-56(18-5-21-60-51(75)45-48(72)38(68)14-24-57-45,19-6-22-61-52(76)46-49(73)39(69)15-25-58-46)20-7-23-62-53(77)47-50(74)40(70)16-26-59-47/h8-16,24-26,28-30H,5-7,17-23,27H2,1-4H3,(H12-,57,58,59,60,61,62,63,64,65,68,69,70,71,72,73,74,75,76,77,78,79,81)/p+1. The first-order valence-corrected chi connectivity index (χ1v) is 26.1.